The smallest absolute Gasteiger partial charge is 0.226 e. The minimum Gasteiger partial charge on any atom is -0.388 e. The molecule has 1 atom stereocenters. The lowest BCUT2D eigenvalue weighted by molar-refractivity contribution is -0.134. The van der Waals surface area contributed by atoms with Gasteiger partial charge in [0.05, 0.1) is 12.5 Å². The Morgan fingerprint density at radius 3 is 2.48 bits per heavy atom. The highest BCUT2D eigenvalue weighted by Gasteiger charge is 2.33. The second kappa shape index (κ2) is 7.27. The number of carbonyl (C=O) groups excluding carboxylic acids is 1. The third-order valence-electron chi connectivity index (χ3n) is 4.27. The molecule has 1 unspecified atom stereocenters. The number of aliphatic hydroxyl groups is 1. The largest absolute Gasteiger partial charge is 0.388 e. The van der Waals surface area contributed by atoms with Crippen LogP contribution in [0.15, 0.2) is 42.5 Å². The summed E-state index contributed by atoms with van der Waals surface area (Å²) in [5.41, 5.74) is 0.541. The fourth-order valence-corrected chi connectivity index (χ4v) is 2.75. The molecule has 1 fully saturated rings. The number of rotatable bonds is 6. The van der Waals surface area contributed by atoms with Gasteiger partial charge in [-0.15, -0.1) is 0 Å². The van der Waals surface area contributed by atoms with Gasteiger partial charge in [0.1, 0.15) is 17.5 Å². The quantitative estimate of drug-likeness (QED) is 0.864. The zero-order valence-corrected chi connectivity index (χ0v) is 13.5. The third-order valence-corrected chi connectivity index (χ3v) is 4.27. The van der Waals surface area contributed by atoms with Crippen LogP contribution in [0.5, 0.6) is 0 Å². The molecule has 0 spiro atoms. The lowest BCUT2D eigenvalue weighted by Crippen LogP contribution is -2.33. The van der Waals surface area contributed by atoms with Crippen LogP contribution in [0.3, 0.4) is 0 Å². The summed E-state index contributed by atoms with van der Waals surface area (Å²) in [6, 6.07) is 8.69. The molecule has 3 rings (SSSR count). The number of nitrogens with zero attached hydrogens (tertiary/aromatic N) is 1. The van der Waals surface area contributed by atoms with E-state index in [-0.39, 0.29) is 30.5 Å². The first kappa shape index (κ1) is 17.5. The number of benzene rings is 2. The maximum absolute atomic E-state index is 13.9. The highest BCUT2D eigenvalue weighted by atomic mass is 19.1. The van der Waals surface area contributed by atoms with Crippen molar-refractivity contribution in [3.63, 3.8) is 0 Å². The van der Waals surface area contributed by atoms with Crippen LogP contribution in [0.25, 0.3) is 0 Å². The SMILES string of the molecule is O=C(CC(O)c1cccc(F)c1)N(Cc1ccc(F)cc1F)C1CC1. The number of aliphatic hydroxyl groups excluding tert-OH is 1. The molecule has 132 valence electrons. The number of halogens is 3. The van der Waals surface area contributed by atoms with Gasteiger partial charge in [-0.2, -0.15) is 0 Å². The van der Waals surface area contributed by atoms with Gasteiger partial charge >= 0.3 is 0 Å². The topological polar surface area (TPSA) is 40.5 Å². The van der Waals surface area contributed by atoms with Crippen molar-refractivity contribution in [3.8, 4) is 0 Å². The van der Waals surface area contributed by atoms with E-state index in [2.05, 4.69) is 0 Å². The van der Waals surface area contributed by atoms with Crippen molar-refractivity contribution in [2.45, 2.75) is 38.0 Å². The molecule has 6 heteroatoms. The predicted octanol–water partition coefficient (Wildman–Crippen LogP) is 3.72. The molecule has 1 N–H and O–H groups in total. The molecule has 3 nitrogen and oxygen atoms in total. The Balaban J connectivity index is 1.71. The van der Waals surface area contributed by atoms with Crippen LogP contribution in [-0.4, -0.2) is 22.0 Å². The second-order valence-corrected chi connectivity index (χ2v) is 6.26. The molecule has 1 amide bonds. The van der Waals surface area contributed by atoms with Gasteiger partial charge in [-0.25, -0.2) is 13.2 Å². The number of amides is 1. The standard InChI is InChI=1S/C19H18F3NO2/c20-14-3-1-2-12(8-14)18(24)10-19(25)23(16-6-7-16)11-13-4-5-15(21)9-17(13)22/h1-5,8-9,16,18,24H,6-7,10-11H2. The molecule has 0 aliphatic heterocycles. The second-order valence-electron chi connectivity index (χ2n) is 6.26. The Labute approximate surface area is 143 Å². The Bertz CT molecular complexity index is 777. The molecule has 0 aromatic heterocycles. The minimum absolute atomic E-state index is 0.00309. The molecular formula is C19H18F3NO2. The van der Waals surface area contributed by atoms with Crippen molar-refractivity contribution in [2.24, 2.45) is 0 Å². The van der Waals surface area contributed by atoms with E-state index in [9.17, 15) is 23.1 Å². The fraction of sp³-hybridized carbons (Fsp3) is 0.316. The normalized spacial score (nSPS) is 15.0. The van der Waals surface area contributed by atoms with E-state index < -0.39 is 23.6 Å². The van der Waals surface area contributed by atoms with Crippen molar-refractivity contribution in [2.75, 3.05) is 0 Å². The van der Waals surface area contributed by atoms with Crippen molar-refractivity contribution in [1.82, 2.24) is 4.90 Å². The predicted molar refractivity (Wildman–Crippen MR) is 85.9 cm³/mol. The van der Waals surface area contributed by atoms with Gasteiger partial charge in [0.25, 0.3) is 0 Å². The van der Waals surface area contributed by atoms with Crippen LogP contribution in [0.1, 0.15) is 36.5 Å². The van der Waals surface area contributed by atoms with Crippen LogP contribution in [0.4, 0.5) is 13.2 Å². The van der Waals surface area contributed by atoms with Gasteiger partial charge in [-0.1, -0.05) is 18.2 Å². The number of hydrogen-bond acceptors (Lipinski definition) is 2. The summed E-state index contributed by atoms with van der Waals surface area (Å²) in [5, 5.41) is 10.2. The molecule has 1 saturated carbocycles. The van der Waals surface area contributed by atoms with Crippen molar-refractivity contribution >= 4 is 5.91 Å². The van der Waals surface area contributed by atoms with Gasteiger partial charge in [0.2, 0.25) is 5.91 Å². The molecule has 0 radical (unpaired) electrons. The summed E-state index contributed by atoms with van der Waals surface area (Å²) >= 11 is 0. The highest BCUT2D eigenvalue weighted by molar-refractivity contribution is 5.77. The Kier molecular flexibility index (Phi) is 5.08. The molecular weight excluding hydrogens is 331 g/mol. The zero-order valence-electron chi connectivity index (χ0n) is 13.5. The number of hydrogen-bond donors (Lipinski definition) is 1. The average molecular weight is 349 g/mol. The lowest BCUT2D eigenvalue weighted by atomic mass is 10.1. The van der Waals surface area contributed by atoms with Crippen molar-refractivity contribution < 1.29 is 23.1 Å². The summed E-state index contributed by atoms with van der Waals surface area (Å²) in [7, 11) is 0. The minimum atomic E-state index is -1.14. The summed E-state index contributed by atoms with van der Waals surface area (Å²) in [4.78, 5) is 14.1. The molecule has 2 aromatic rings. The van der Waals surface area contributed by atoms with Gasteiger partial charge in [0, 0.05) is 24.2 Å². The highest BCUT2D eigenvalue weighted by Crippen LogP contribution is 2.31. The Morgan fingerprint density at radius 2 is 1.84 bits per heavy atom. The van der Waals surface area contributed by atoms with E-state index in [4.69, 9.17) is 0 Å². The monoisotopic (exact) mass is 349 g/mol. The third kappa shape index (κ3) is 4.39. The van der Waals surface area contributed by atoms with Crippen LogP contribution in [0, 0.1) is 17.5 Å². The molecule has 1 aliphatic rings. The van der Waals surface area contributed by atoms with Gasteiger partial charge in [-0.05, 0) is 36.6 Å². The van der Waals surface area contributed by atoms with E-state index in [1.807, 2.05) is 0 Å². The average Bonchev–Trinajstić information content (AvgIpc) is 3.38. The van der Waals surface area contributed by atoms with E-state index in [1.54, 1.807) is 6.07 Å². The van der Waals surface area contributed by atoms with Gasteiger partial charge in [-0.3, -0.25) is 4.79 Å². The fourth-order valence-electron chi connectivity index (χ4n) is 2.75. The van der Waals surface area contributed by atoms with Crippen molar-refractivity contribution in [3.05, 3.63) is 71.0 Å². The zero-order chi connectivity index (χ0) is 18.0. The van der Waals surface area contributed by atoms with E-state index in [0.717, 1.165) is 25.0 Å². The van der Waals surface area contributed by atoms with E-state index in [1.165, 1.54) is 29.2 Å². The summed E-state index contributed by atoms with van der Waals surface area (Å²) in [6.45, 7) is 0.0193. The summed E-state index contributed by atoms with van der Waals surface area (Å²) in [5.74, 6) is -2.21. The molecule has 1 aliphatic carbocycles. The molecule has 2 aromatic carbocycles. The van der Waals surface area contributed by atoms with Gasteiger partial charge < -0.3 is 10.0 Å². The van der Waals surface area contributed by atoms with Crippen LogP contribution in [0.2, 0.25) is 0 Å². The lowest BCUT2D eigenvalue weighted by Gasteiger charge is -2.24. The van der Waals surface area contributed by atoms with E-state index >= 15 is 0 Å². The maximum atomic E-state index is 13.9. The number of carbonyl (C=O) groups is 1. The van der Waals surface area contributed by atoms with Crippen LogP contribution < -0.4 is 0 Å². The van der Waals surface area contributed by atoms with Crippen molar-refractivity contribution in [1.29, 1.82) is 0 Å². The van der Waals surface area contributed by atoms with Crippen LogP contribution in [-0.2, 0) is 11.3 Å². The summed E-state index contributed by atoms with van der Waals surface area (Å²) in [6.07, 6.45) is 0.264. The Morgan fingerprint density at radius 1 is 1.12 bits per heavy atom. The first-order valence-electron chi connectivity index (χ1n) is 8.11. The van der Waals surface area contributed by atoms with Crippen LogP contribution >= 0.6 is 0 Å². The summed E-state index contributed by atoms with van der Waals surface area (Å²) < 4.78 is 40.1. The molecule has 0 bridgehead atoms. The maximum Gasteiger partial charge on any atom is 0.226 e. The Hall–Kier alpha value is -2.34. The first-order chi connectivity index (χ1) is 11.9. The van der Waals surface area contributed by atoms with Gasteiger partial charge in [0.15, 0.2) is 0 Å². The molecule has 25 heavy (non-hydrogen) atoms. The molecule has 0 saturated heterocycles. The first-order valence-corrected chi connectivity index (χ1v) is 8.11. The molecule has 0 heterocycles. The van der Waals surface area contributed by atoms with E-state index in [0.29, 0.717) is 5.56 Å².